The van der Waals surface area contributed by atoms with Crippen molar-refractivity contribution in [3.05, 3.63) is 64.7 Å². The monoisotopic (exact) mass is 376 g/mol. The lowest BCUT2D eigenvalue weighted by molar-refractivity contribution is -0.115. The fourth-order valence-electron chi connectivity index (χ4n) is 2.30. The van der Waals surface area contributed by atoms with E-state index in [0.717, 1.165) is 5.56 Å². The van der Waals surface area contributed by atoms with Gasteiger partial charge in [-0.1, -0.05) is 24.3 Å². The van der Waals surface area contributed by atoms with Crippen molar-refractivity contribution in [2.75, 3.05) is 7.11 Å². The molecule has 28 heavy (non-hydrogen) atoms. The summed E-state index contributed by atoms with van der Waals surface area (Å²) in [7, 11) is 1.45. The second-order valence-electron chi connectivity index (χ2n) is 5.46. The van der Waals surface area contributed by atoms with E-state index >= 15 is 0 Å². The zero-order valence-corrected chi connectivity index (χ0v) is 14.9. The lowest BCUT2D eigenvalue weighted by Gasteiger charge is -2.12. The molecule has 2 aromatic rings. The number of carbonyl (C=O) groups excluding carboxylic acids is 2. The number of nitriles is 2. The normalized spacial score (nSPS) is 10.3. The largest absolute Gasteiger partial charge is 0.493 e. The highest BCUT2D eigenvalue weighted by atomic mass is 16.5. The first-order valence-electron chi connectivity index (χ1n) is 8.00. The maximum Gasteiger partial charge on any atom is 0.319 e. The summed E-state index contributed by atoms with van der Waals surface area (Å²) in [6.45, 7) is 0.166. The van der Waals surface area contributed by atoms with Crippen LogP contribution in [0.3, 0.4) is 0 Å². The number of amides is 3. The number of methoxy groups -OCH3 is 1. The highest BCUT2D eigenvalue weighted by molar-refractivity contribution is 6.08. The zero-order valence-electron chi connectivity index (χ0n) is 14.9. The fraction of sp³-hybridized carbons (Fsp3) is 0.100. The molecular formula is C20H16N4O4. The predicted octanol–water partition coefficient (Wildman–Crippen LogP) is 2.25. The first kappa shape index (κ1) is 20.0. The molecule has 0 radical (unpaired) electrons. The third kappa shape index (κ3) is 5.10. The van der Waals surface area contributed by atoms with E-state index in [1.165, 1.54) is 13.2 Å². The summed E-state index contributed by atoms with van der Waals surface area (Å²) in [5.74, 6) is -0.106. The van der Waals surface area contributed by atoms with Crippen LogP contribution in [-0.4, -0.2) is 19.0 Å². The molecule has 0 atom stereocenters. The zero-order chi connectivity index (χ0) is 20.5. The molecule has 0 spiro atoms. The summed E-state index contributed by atoms with van der Waals surface area (Å²) in [6, 6.07) is 14.6. The van der Waals surface area contributed by atoms with Crippen molar-refractivity contribution in [1.82, 2.24) is 5.32 Å². The smallest absolute Gasteiger partial charge is 0.319 e. The van der Waals surface area contributed by atoms with E-state index in [0.29, 0.717) is 22.6 Å². The molecule has 0 saturated carbocycles. The number of hydrogen-bond acceptors (Lipinski definition) is 6. The molecule has 8 heteroatoms. The number of imide groups is 1. The third-order valence-electron chi connectivity index (χ3n) is 3.62. The Labute approximate surface area is 161 Å². The molecule has 8 nitrogen and oxygen atoms in total. The molecule has 0 fully saturated rings. The number of carbonyl (C=O) groups is 2. The van der Waals surface area contributed by atoms with Crippen LogP contribution >= 0.6 is 0 Å². The lowest BCUT2D eigenvalue weighted by Crippen LogP contribution is -2.35. The second kappa shape index (κ2) is 9.41. The van der Waals surface area contributed by atoms with Gasteiger partial charge in [-0.25, -0.2) is 4.79 Å². The molecule has 0 heterocycles. The van der Waals surface area contributed by atoms with Crippen LogP contribution in [0.4, 0.5) is 4.79 Å². The number of nitrogens with zero attached hydrogens (tertiary/aromatic N) is 2. The SMILES string of the molecule is COc1cc(/C=C(/C#N)C(=O)NC(N)=O)ccc1OCc1ccccc1C#N. The van der Waals surface area contributed by atoms with E-state index < -0.39 is 11.9 Å². The van der Waals surface area contributed by atoms with Crippen LogP contribution in [0.1, 0.15) is 16.7 Å². The molecule has 0 unspecified atom stereocenters. The molecule has 0 bridgehead atoms. The number of nitrogens with one attached hydrogen (secondary N) is 1. The van der Waals surface area contributed by atoms with Crippen molar-refractivity contribution in [2.45, 2.75) is 6.61 Å². The van der Waals surface area contributed by atoms with E-state index in [2.05, 4.69) is 6.07 Å². The average molecular weight is 376 g/mol. The number of rotatable bonds is 6. The van der Waals surface area contributed by atoms with Gasteiger partial charge in [-0.2, -0.15) is 10.5 Å². The average Bonchev–Trinajstić information content (AvgIpc) is 2.70. The Bertz CT molecular complexity index is 1020. The fourth-order valence-corrected chi connectivity index (χ4v) is 2.30. The highest BCUT2D eigenvalue weighted by Crippen LogP contribution is 2.30. The number of urea groups is 1. The van der Waals surface area contributed by atoms with Gasteiger partial charge in [0.05, 0.1) is 18.7 Å². The Hall–Kier alpha value is -4.30. The second-order valence-corrected chi connectivity index (χ2v) is 5.46. The molecule has 3 N–H and O–H groups in total. The molecule has 2 aromatic carbocycles. The van der Waals surface area contributed by atoms with Gasteiger partial charge in [0, 0.05) is 5.56 Å². The minimum Gasteiger partial charge on any atom is -0.493 e. The van der Waals surface area contributed by atoms with Gasteiger partial charge in [-0.15, -0.1) is 0 Å². The van der Waals surface area contributed by atoms with E-state index in [4.69, 9.17) is 25.7 Å². The van der Waals surface area contributed by atoms with Gasteiger partial charge in [0.1, 0.15) is 18.2 Å². The molecule has 0 aromatic heterocycles. The van der Waals surface area contributed by atoms with Crippen LogP contribution in [0.2, 0.25) is 0 Å². The van der Waals surface area contributed by atoms with Crippen molar-refractivity contribution < 1.29 is 19.1 Å². The van der Waals surface area contributed by atoms with Crippen LogP contribution < -0.4 is 20.5 Å². The highest BCUT2D eigenvalue weighted by Gasteiger charge is 2.12. The van der Waals surface area contributed by atoms with Crippen molar-refractivity contribution in [3.8, 4) is 23.6 Å². The predicted molar refractivity (Wildman–Crippen MR) is 99.8 cm³/mol. The number of hydrogen-bond donors (Lipinski definition) is 2. The lowest BCUT2D eigenvalue weighted by atomic mass is 10.1. The third-order valence-corrected chi connectivity index (χ3v) is 3.62. The minimum atomic E-state index is -1.05. The summed E-state index contributed by atoms with van der Waals surface area (Å²) in [5.41, 5.74) is 6.31. The van der Waals surface area contributed by atoms with Crippen LogP contribution in [0.5, 0.6) is 11.5 Å². The van der Waals surface area contributed by atoms with E-state index in [-0.39, 0.29) is 12.2 Å². The number of nitrogens with two attached hydrogens (primary N) is 1. The van der Waals surface area contributed by atoms with Crippen LogP contribution in [-0.2, 0) is 11.4 Å². The molecule has 0 aliphatic heterocycles. The van der Waals surface area contributed by atoms with Gasteiger partial charge in [-0.3, -0.25) is 10.1 Å². The first-order chi connectivity index (χ1) is 13.5. The van der Waals surface area contributed by atoms with Crippen LogP contribution in [0.15, 0.2) is 48.0 Å². The molecule has 140 valence electrons. The Morgan fingerprint density at radius 2 is 1.93 bits per heavy atom. The Kier molecular flexibility index (Phi) is 6.73. The van der Waals surface area contributed by atoms with Crippen LogP contribution in [0, 0.1) is 22.7 Å². The molecule has 3 amide bonds. The summed E-state index contributed by atoms with van der Waals surface area (Å²) in [5, 5.41) is 20.1. The molecular weight excluding hydrogens is 360 g/mol. The number of benzene rings is 2. The van der Waals surface area contributed by atoms with Gasteiger partial charge < -0.3 is 15.2 Å². The maximum atomic E-state index is 11.7. The van der Waals surface area contributed by atoms with Crippen LogP contribution in [0.25, 0.3) is 6.08 Å². The van der Waals surface area contributed by atoms with Gasteiger partial charge in [0.25, 0.3) is 5.91 Å². The summed E-state index contributed by atoms with van der Waals surface area (Å²) < 4.78 is 11.0. The number of primary amides is 1. The summed E-state index contributed by atoms with van der Waals surface area (Å²) >= 11 is 0. The van der Waals surface area contributed by atoms with Gasteiger partial charge in [0.15, 0.2) is 11.5 Å². The number of ether oxygens (including phenoxy) is 2. The Balaban J connectivity index is 2.23. The van der Waals surface area contributed by atoms with Crippen molar-refractivity contribution in [2.24, 2.45) is 5.73 Å². The van der Waals surface area contributed by atoms with E-state index in [1.54, 1.807) is 42.5 Å². The van der Waals surface area contributed by atoms with Gasteiger partial charge >= 0.3 is 6.03 Å². The molecule has 0 aliphatic carbocycles. The van der Waals surface area contributed by atoms with Crippen molar-refractivity contribution in [3.63, 3.8) is 0 Å². The van der Waals surface area contributed by atoms with Crippen molar-refractivity contribution in [1.29, 1.82) is 10.5 Å². The summed E-state index contributed by atoms with van der Waals surface area (Å²) in [4.78, 5) is 22.5. The van der Waals surface area contributed by atoms with Gasteiger partial charge in [-0.05, 0) is 29.8 Å². The van der Waals surface area contributed by atoms with Gasteiger partial charge in [0.2, 0.25) is 0 Å². The van der Waals surface area contributed by atoms with E-state index in [9.17, 15) is 9.59 Å². The molecule has 0 saturated heterocycles. The first-order valence-corrected chi connectivity index (χ1v) is 8.00. The minimum absolute atomic E-state index is 0.166. The summed E-state index contributed by atoms with van der Waals surface area (Å²) in [6.07, 6.45) is 1.29. The Morgan fingerprint density at radius 3 is 2.57 bits per heavy atom. The topological polar surface area (TPSA) is 138 Å². The standard InChI is InChI=1S/C20H16N4O4/c1-27-18-9-13(8-16(11-22)19(25)24-20(23)26)6-7-17(18)28-12-15-5-3-2-4-14(15)10-21/h2-9H,12H2,1H3,(H3,23,24,25,26)/b16-8-. The molecule has 2 rings (SSSR count). The van der Waals surface area contributed by atoms with E-state index in [1.807, 2.05) is 11.4 Å². The Morgan fingerprint density at radius 1 is 1.18 bits per heavy atom. The maximum absolute atomic E-state index is 11.7. The quantitative estimate of drug-likeness (QED) is 0.586. The van der Waals surface area contributed by atoms with Crippen molar-refractivity contribution >= 4 is 18.0 Å². The molecule has 0 aliphatic rings.